The molecule has 0 spiro atoms. The molecule has 0 amide bonds. The van der Waals surface area contributed by atoms with Crippen LogP contribution in [0.2, 0.25) is 0 Å². The van der Waals surface area contributed by atoms with Crippen molar-refractivity contribution < 1.29 is 66.5 Å². The van der Waals surface area contributed by atoms with Gasteiger partial charge in [-0.25, -0.2) is 13.2 Å². The van der Waals surface area contributed by atoms with Crippen molar-refractivity contribution in [2.45, 2.75) is 155 Å². The number of hydrogen-bond acceptors (Lipinski definition) is 6. The van der Waals surface area contributed by atoms with Crippen molar-refractivity contribution in [3.8, 4) is 41.4 Å². The van der Waals surface area contributed by atoms with E-state index in [1.807, 2.05) is 34.0 Å². The normalized spacial score (nSPS) is 12.5. The number of aryl methyl sites for hydroxylation is 3. The Balaban J connectivity index is 0.000000513. The summed E-state index contributed by atoms with van der Waals surface area (Å²) in [5.41, 5.74) is 7.03. The summed E-state index contributed by atoms with van der Waals surface area (Å²) in [6.07, 6.45) is 0.933. The van der Waals surface area contributed by atoms with Gasteiger partial charge in [-0.05, 0) is 142 Å². The van der Waals surface area contributed by atoms with Crippen LogP contribution >= 0.6 is 34.0 Å². The largest absolute Gasteiger partial charge is 0.559 e. The van der Waals surface area contributed by atoms with Crippen LogP contribution in [0.3, 0.4) is 0 Å². The third kappa shape index (κ3) is 18.5. The zero-order valence-corrected chi connectivity index (χ0v) is 45.1. The average Bonchev–Trinajstić information content (AvgIpc) is 4.14. The minimum absolute atomic E-state index is 0.130. The Kier molecular flexibility index (Phi) is 24.4. The Labute approximate surface area is 443 Å². The van der Waals surface area contributed by atoms with Crippen LogP contribution in [0.4, 0.5) is 74.1 Å². The summed E-state index contributed by atoms with van der Waals surface area (Å²) in [6, 6.07) is 35.7. The fourth-order valence-electron chi connectivity index (χ4n) is 7.67. The van der Waals surface area contributed by atoms with Gasteiger partial charge in [0, 0.05) is 46.3 Å². The predicted octanol–water partition coefficient (Wildman–Crippen LogP) is 21.7. The number of unbranched alkanes of at least 4 members (excludes halogenated alkanes) is 10. The Morgan fingerprint density at radius 3 is 1.24 bits per heavy atom. The molecule has 0 bridgehead atoms. The van der Waals surface area contributed by atoms with Crippen LogP contribution in [0.5, 0.6) is 11.5 Å². The zero-order chi connectivity index (χ0) is 55.6. The van der Waals surface area contributed by atoms with Gasteiger partial charge in [-0.1, -0.05) is 90.2 Å². The highest BCUT2D eigenvalue weighted by atomic mass is 32.1. The average molecular weight is 1130 g/mol. The number of ether oxygens (including phenoxy) is 2. The van der Waals surface area contributed by atoms with Gasteiger partial charge in [0.05, 0.1) is 13.2 Å². The van der Waals surface area contributed by atoms with Gasteiger partial charge in [0.1, 0.15) is 11.5 Å². The lowest BCUT2D eigenvalue weighted by Crippen LogP contribution is -2.60. The topological polar surface area (TPSA) is 21.7 Å². The maximum Gasteiger partial charge on any atom is 0.559 e. The summed E-state index contributed by atoms with van der Waals surface area (Å²) in [5, 5.41) is 0. The lowest BCUT2D eigenvalue weighted by atomic mass is 10.0. The third-order valence-electron chi connectivity index (χ3n) is 11.8. The van der Waals surface area contributed by atoms with Crippen LogP contribution in [0.15, 0.2) is 97.1 Å². The molecule has 1 unspecified atom stereocenters. The third-order valence-corrected chi connectivity index (χ3v) is 15.4. The number of halogens is 13. The van der Waals surface area contributed by atoms with E-state index in [0.29, 0.717) is 0 Å². The van der Waals surface area contributed by atoms with E-state index in [2.05, 4.69) is 137 Å². The molecular weight excluding hydrogens is 1060 g/mol. The molecule has 0 saturated heterocycles. The summed E-state index contributed by atoms with van der Waals surface area (Å²) >= 11 is 5.61. The second-order valence-electron chi connectivity index (χ2n) is 17.9. The molecule has 0 saturated carbocycles. The van der Waals surface area contributed by atoms with E-state index in [4.69, 9.17) is 9.47 Å². The molecule has 75 heavy (non-hydrogen) atoms. The molecule has 414 valence electrons. The Morgan fingerprint density at radius 1 is 0.467 bits per heavy atom. The van der Waals surface area contributed by atoms with E-state index in [1.54, 1.807) is 0 Å². The Hall–Kier alpha value is -4.75. The van der Waals surface area contributed by atoms with Crippen LogP contribution in [0, 0.1) is 20.8 Å². The van der Waals surface area contributed by atoms with E-state index in [0.717, 1.165) is 54.6 Å². The highest BCUT2D eigenvalue weighted by Crippen LogP contribution is 2.51. The molecule has 0 aliphatic rings. The molecule has 1 atom stereocenters. The fourth-order valence-corrected chi connectivity index (χ4v) is 10.7. The number of nitrogens with zero attached hydrogens (tertiary/aromatic N) is 1. The van der Waals surface area contributed by atoms with Crippen molar-refractivity contribution in [3.05, 3.63) is 113 Å². The van der Waals surface area contributed by atoms with Crippen LogP contribution < -0.4 is 14.4 Å². The maximum absolute atomic E-state index is 12.3. The fraction of sp³-hybridized carbons (Fsp3) is 0.464. The molecule has 6 aromatic rings. The van der Waals surface area contributed by atoms with Crippen molar-refractivity contribution in [2.24, 2.45) is 0 Å². The summed E-state index contributed by atoms with van der Waals surface area (Å²) < 4.78 is 159. The molecule has 3 nitrogen and oxygen atoms in total. The first-order valence-electron chi connectivity index (χ1n) is 24.8. The monoisotopic (exact) mass is 1130 g/mol. The highest BCUT2D eigenvalue weighted by molar-refractivity contribution is 7.27. The van der Waals surface area contributed by atoms with Crippen molar-refractivity contribution in [2.75, 3.05) is 18.1 Å². The van der Waals surface area contributed by atoms with Crippen molar-refractivity contribution in [1.29, 1.82) is 0 Å². The molecule has 0 radical (unpaired) electrons. The number of benzene rings is 3. The van der Waals surface area contributed by atoms with Gasteiger partial charge in [-0.2, -0.15) is 26.3 Å². The quantitative estimate of drug-likeness (QED) is 0.0399. The second-order valence-corrected chi connectivity index (χ2v) is 21.4. The van der Waals surface area contributed by atoms with Gasteiger partial charge >= 0.3 is 30.6 Å². The summed E-state index contributed by atoms with van der Waals surface area (Å²) in [4.78, 5) is 10.4. The molecule has 0 fully saturated rings. The van der Waals surface area contributed by atoms with Crippen LogP contribution in [-0.2, 0) is 0 Å². The Bertz CT molecular complexity index is 2510. The number of anilines is 3. The number of rotatable bonds is 26. The van der Waals surface area contributed by atoms with Gasteiger partial charge < -0.3 is 14.4 Å². The van der Waals surface area contributed by atoms with Crippen LogP contribution in [0.25, 0.3) is 29.9 Å². The van der Waals surface area contributed by atoms with E-state index in [9.17, 15) is 57.1 Å². The number of hydrogen-bond donors (Lipinski definition) is 0. The van der Waals surface area contributed by atoms with Crippen molar-refractivity contribution >= 4 is 51.1 Å². The SMILES string of the molecule is CC(F)C(F)(F)C(F)(F)C(F)(F)C(F)F.CCCCCCCCOc1ccc(N(c2ccc(-c3ccc(-c4ccc(-c5ccc(C)s5)s4)s3)cc2)c2ccc(OCCCCCCCC)cc2C)c(C)c1.FC(F)(F)F. The lowest BCUT2D eigenvalue weighted by Gasteiger charge is -2.32. The Morgan fingerprint density at radius 2 is 0.853 bits per heavy atom. The first-order valence-corrected chi connectivity index (χ1v) is 27.2. The molecule has 3 aromatic carbocycles. The lowest BCUT2D eigenvalue weighted by molar-refractivity contribution is -0.349. The van der Waals surface area contributed by atoms with Gasteiger partial charge in [-0.3, -0.25) is 0 Å². The first kappa shape index (κ1) is 62.8. The number of alkyl halides is 13. The van der Waals surface area contributed by atoms with E-state index >= 15 is 0 Å². The summed E-state index contributed by atoms with van der Waals surface area (Å²) in [7, 11) is 0. The van der Waals surface area contributed by atoms with Gasteiger partial charge in [0.15, 0.2) is 6.17 Å². The molecule has 0 aliphatic heterocycles. The van der Waals surface area contributed by atoms with Crippen LogP contribution in [0.1, 0.15) is 114 Å². The zero-order valence-electron chi connectivity index (χ0n) is 42.7. The second kappa shape index (κ2) is 29.1. The maximum atomic E-state index is 12.3. The van der Waals surface area contributed by atoms with Gasteiger partial charge in [-0.15, -0.1) is 51.6 Å². The molecule has 19 heteroatoms. The highest BCUT2D eigenvalue weighted by Gasteiger charge is 2.77. The van der Waals surface area contributed by atoms with Crippen molar-refractivity contribution in [1.82, 2.24) is 0 Å². The number of thiophene rings is 3. The molecular formula is C56H64F13NO2S3. The minimum Gasteiger partial charge on any atom is -0.494 e. The minimum atomic E-state index is -6.46. The molecule has 3 heterocycles. The van der Waals surface area contributed by atoms with E-state index in [1.165, 1.54) is 110 Å². The smallest absolute Gasteiger partial charge is 0.494 e. The predicted molar refractivity (Wildman–Crippen MR) is 282 cm³/mol. The standard InChI is InChI=1S/C49H59NO2S3.C6H5F9.CF4/c1-6-8-10-12-14-16-32-51-41-23-25-43(36(3)34-41)50(44-26-24-42(35-37(44)4)52-33-17-15-13-11-9-7-2)40-21-19-39(20-22-40)45-28-29-48(54-45)49-31-30-47(55-49)46-27-18-38(5)53-46;1-2(7)4(10,11)6(14,15)5(12,13)3(8)9;2-1(3,4)5/h18-31,34-35H,6-17,32-33H2,1-5H3;2-3H,1H3;. The summed E-state index contributed by atoms with van der Waals surface area (Å²) in [5.74, 6) is -16.7. The molecule has 6 rings (SSSR count). The van der Waals surface area contributed by atoms with Gasteiger partial charge in [0.2, 0.25) is 0 Å². The van der Waals surface area contributed by atoms with Crippen LogP contribution in [-0.4, -0.2) is 50.0 Å². The molecule has 3 aromatic heterocycles. The molecule has 0 N–H and O–H groups in total. The van der Waals surface area contributed by atoms with E-state index < -0.39 is 36.8 Å². The van der Waals surface area contributed by atoms with E-state index in [-0.39, 0.29) is 6.92 Å². The van der Waals surface area contributed by atoms with Gasteiger partial charge in [0.25, 0.3) is 0 Å². The molecule has 0 aliphatic carbocycles. The summed E-state index contributed by atoms with van der Waals surface area (Å²) in [6.45, 7) is 12.5. The first-order chi connectivity index (χ1) is 35.3. The van der Waals surface area contributed by atoms with Crippen molar-refractivity contribution in [3.63, 3.8) is 0 Å².